The summed E-state index contributed by atoms with van der Waals surface area (Å²) in [7, 11) is 4.16. The molecule has 11 heteroatoms. The van der Waals surface area contributed by atoms with Crippen LogP contribution in [0.15, 0.2) is 0 Å². The van der Waals surface area contributed by atoms with Crippen LogP contribution >= 0.6 is 0 Å². The predicted octanol–water partition coefficient (Wildman–Crippen LogP) is 16.6. The van der Waals surface area contributed by atoms with Gasteiger partial charge in [0.15, 0.2) is 0 Å². The zero-order valence-corrected chi connectivity index (χ0v) is 54.7. The van der Waals surface area contributed by atoms with Crippen LogP contribution in [-0.4, -0.2) is 163 Å². The summed E-state index contributed by atoms with van der Waals surface area (Å²) in [6, 6.07) is 0. The van der Waals surface area contributed by atoms with Gasteiger partial charge >= 0.3 is 6.09 Å². The summed E-state index contributed by atoms with van der Waals surface area (Å²) >= 11 is 0. The number of hydrogen-bond donors (Lipinski definition) is 5. The molecule has 11 nitrogen and oxygen atoms in total. The maximum absolute atomic E-state index is 12.7. The lowest BCUT2D eigenvalue weighted by Crippen LogP contribution is -2.40. The van der Waals surface area contributed by atoms with Crippen molar-refractivity contribution in [3.05, 3.63) is 0 Å². The molecule has 0 aliphatic rings. The van der Waals surface area contributed by atoms with Crippen LogP contribution in [0.25, 0.3) is 0 Å². The van der Waals surface area contributed by atoms with Gasteiger partial charge in [0.25, 0.3) is 0 Å². The molecule has 0 rings (SSSR count). The van der Waals surface area contributed by atoms with Crippen molar-refractivity contribution in [2.24, 2.45) is 0 Å². The molecule has 0 aromatic rings. The van der Waals surface area contributed by atoms with Gasteiger partial charge < -0.3 is 40.3 Å². The second kappa shape index (κ2) is 62.5. The highest BCUT2D eigenvalue weighted by atomic mass is 16.5. The van der Waals surface area contributed by atoms with Gasteiger partial charge in [-0.25, -0.2) is 4.79 Å². The minimum atomic E-state index is -0.385. The molecule has 0 heterocycles. The minimum Gasteiger partial charge on any atom is -0.448 e. The Morgan fingerprint density at radius 1 is 0.325 bits per heavy atom. The van der Waals surface area contributed by atoms with Crippen LogP contribution in [0.2, 0.25) is 0 Å². The van der Waals surface area contributed by atoms with E-state index < -0.39 is 0 Å². The van der Waals surface area contributed by atoms with Gasteiger partial charge in [0.1, 0.15) is 6.61 Å². The number of carbonyl (C=O) groups excluding carboxylic acids is 1. The number of carbonyl (C=O) groups is 1. The summed E-state index contributed by atoms with van der Waals surface area (Å²) < 4.78 is 5.59. The molecule has 0 aromatic carbocycles. The van der Waals surface area contributed by atoms with Crippen LogP contribution in [0, 0.1) is 0 Å². The van der Waals surface area contributed by atoms with Crippen LogP contribution in [0.5, 0.6) is 0 Å². The lowest BCUT2D eigenvalue weighted by molar-refractivity contribution is 0.0581. The molecule has 0 spiro atoms. The summed E-state index contributed by atoms with van der Waals surface area (Å²) in [6.07, 6.45) is 55.0. The van der Waals surface area contributed by atoms with Crippen molar-refractivity contribution in [1.82, 2.24) is 24.9 Å². The highest BCUT2D eigenvalue weighted by molar-refractivity contribution is 5.67. The van der Waals surface area contributed by atoms with Crippen molar-refractivity contribution in [1.29, 1.82) is 0 Å². The van der Waals surface area contributed by atoms with Gasteiger partial charge in [-0.2, -0.15) is 0 Å². The van der Waals surface area contributed by atoms with Gasteiger partial charge in [0, 0.05) is 45.8 Å². The van der Waals surface area contributed by atoms with E-state index in [0.29, 0.717) is 45.9 Å². The van der Waals surface area contributed by atoms with E-state index in [1.807, 2.05) is 0 Å². The second-order valence-corrected chi connectivity index (χ2v) is 25.4. The lowest BCUT2D eigenvalue weighted by atomic mass is 10.0. The molecule has 0 saturated carbocycles. The molecule has 0 bridgehead atoms. The molecule has 1 amide bonds. The van der Waals surface area contributed by atoms with E-state index in [0.717, 1.165) is 96.9 Å². The quantitative estimate of drug-likeness (QED) is 0.0375. The van der Waals surface area contributed by atoms with Gasteiger partial charge in [-0.05, 0) is 78.8 Å². The summed E-state index contributed by atoms with van der Waals surface area (Å²) in [5.41, 5.74) is 0. The first-order valence-electron chi connectivity index (χ1n) is 35.5. The van der Waals surface area contributed by atoms with Crippen molar-refractivity contribution in [2.75, 3.05) is 92.7 Å². The lowest BCUT2D eigenvalue weighted by Gasteiger charge is -2.28. The maximum atomic E-state index is 12.7. The van der Waals surface area contributed by atoms with E-state index in [9.17, 15) is 25.2 Å². The van der Waals surface area contributed by atoms with Crippen molar-refractivity contribution < 1.29 is 30.0 Å². The smallest absolute Gasteiger partial charge is 0.407 e. The monoisotopic (exact) mass is 1140 g/mol. The van der Waals surface area contributed by atoms with Crippen LogP contribution in [0.1, 0.15) is 323 Å². The third kappa shape index (κ3) is 58.7. The topological polar surface area (TPSA) is 132 Å². The first-order chi connectivity index (χ1) is 39.0. The van der Waals surface area contributed by atoms with Crippen molar-refractivity contribution in [3.63, 3.8) is 0 Å². The number of nitrogens with zero attached hydrogens (tertiary/aromatic N) is 4. The molecule has 80 heavy (non-hydrogen) atoms. The van der Waals surface area contributed by atoms with Gasteiger partial charge in [0.2, 0.25) is 0 Å². The van der Waals surface area contributed by atoms with E-state index in [1.54, 1.807) is 0 Å². The van der Waals surface area contributed by atoms with Crippen molar-refractivity contribution in [2.45, 2.75) is 347 Å². The molecule has 0 radical (unpaired) electrons. The number of rotatable bonds is 66. The van der Waals surface area contributed by atoms with Crippen LogP contribution < -0.4 is 5.32 Å². The molecule has 0 aliphatic carbocycles. The Bertz CT molecular complexity index is 1070. The van der Waals surface area contributed by atoms with Gasteiger partial charge in [0.05, 0.1) is 24.4 Å². The number of aliphatic hydroxyl groups excluding tert-OH is 4. The third-order valence-electron chi connectivity index (χ3n) is 16.9. The molecule has 0 saturated heterocycles. The van der Waals surface area contributed by atoms with E-state index in [4.69, 9.17) is 4.74 Å². The first-order valence-corrected chi connectivity index (χ1v) is 35.5. The fourth-order valence-electron chi connectivity index (χ4n) is 11.6. The SMILES string of the molecule is CCCCCCCCCCCCC(O)CN(CCCN(C)CCNC(=O)OCCN(C)CCCN(CC(O)CCCCCCCCCCCC)CC(O)CCCCCCCCCCCC)CC(O)CCCCCCCCCCCC. The fraction of sp³-hybridized carbons (Fsp3) is 0.986. The number of unbranched alkanes of at least 4 members (excludes halogenated alkanes) is 36. The largest absolute Gasteiger partial charge is 0.448 e. The Hall–Kier alpha value is -1.05. The molecule has 0 fully saturated rings. The average Bonchev–Trinajstić information content (AvgIpc) is 3.43. The number of aliphatic hydroxyl groups is 4. The Labute approximate surface area is 499 Å². The molecular formula is C69H143N5O6. The van der Waals surface area contributed by atoms with E-state index >= 15 is 0 Å². The average molecular weight is 1140 g/mol. The number of ether oxygens (including phenoxy) is 1. The van der Waals surface area contributed by atoms with Gasteiger partial charge in [-0.3, -0.25) is 9.80 Å². The number of amides is 1. The number of nitrogens with one attached hydrogen (secondary N) is 1. The molecule has 0 aromatic heterocycles. The number of hydrogen-bond acceptors (Lipinski definition) is 10. The minimum absolute atomic E-state index is 0.322. The van der Waals surface area contributed by atoms with Gasteiger partial charge in [-0.1, -0.05) is 285 Å². The zero-order valence-electron chi connectivity index (χ0n) is 54.7. The maximum Gasteiger partial charge on any atom is 0.407 e. The Morgan fingerprint density at radius 2 is 0.562 bits per heavy atom. The third-order valence-corrected chi connectivity index (χ3v) is 16.9. The second-order valence-electron chi connectivity index (χ2n) is 25.4. The Kier molecular flexibility index (Phi) is 61.7. The first kappa shape index (κ1) is 79.0. The van der Waals surface area contributed by atoms with E-state index in [1.165, 1.54) is 231 Å². The molecule has 0 aliphatic heterocycles. The van der Waals surface area contributed by atoms with Crippen LogP contribution in [-0.2, 0) is 4.74 Å². The summed E-state index contributed by atoms with van der Waals surface area (Å²) in [5, 5.41) is 47.4. The zero-order chi connectivity index (χ0) is 58.6. The highest BCUT2D eigenvalue weighted by Crippen LogP contribution is 2.18. The summed E-state index contributed by atoms with van der Waals surface area (Å²) in [4.78, 5) is 21.7. The van der Waals surface area contributed by atoms with Crippen LogP contribution in [0.4, 0.5) is 4.79 Å². The number of likely N-dealkylation sites (N-methyl/N-ethyl adjacent to an activating group) is 2. The fourth-order valence-corrected chi connectivity index (χ4v) is 11.6. The molecule has 480 valence electrons. The standard InChI is InChI=1S/C69H143N5O6/c1-7-11-15-19-23-27-31-35-39-43-49-65(75)61-73(62-66(76)50-44-40-36-32-28-24-20-16-12-8-2)56-47-54-71(5)58-53-70-69(79)80-60-59-72(6)55-48-57-74(63-67(77)51-45-41-37-33-29-25-21-17-13-9-3)64-68(78)52-46-42-38-34-30-26-22-18-14-10-4/h65-68,75-78H,7-64H2,1-6H3,(H,70,79). The number of alkyl carbamates (subject to hydrolysis) is 1. The molecule has 4 atom stereocenters. The highest BCUT2D eigenvalue weighted by Gasteiger charge is 2.18. The Balaban J connectivity index is 4.78. The van der Waals surface area contributed by atoms with E-state index in [2.05, 4.69) is 66.7 Å². The molecular weight excluding hydrogens is 995 g/mol. The molecule has 4 unspecified atom stereocenters. The van der Waals surface area contributed by atoms with E-state index in [-0.39, 0.29) is 30.5 Å². The predicted molar refractivity (Wildman–Crippen MR) is 346 cm³/mol. The van der Waals surface area contributed by atoms with Crippen LogP contribution in [0.3, 0.4) is 0 Å². The van der Waals surface area contributed by atoms with Gasteiger partial charge in [-0.15, -0.1) is 0 Å². The Morgan fingerprint density at radius 3 is 0.825 bits per heavy atom. The summed E-state index contributed by atoms with van der Waals surface area (Å²) in [6.45, 7) is 17.1. The van der Waals surface area contributed by atoms with Crippen molar-refractivity contribution >= 4 is 6.09 Å². The molecule has 5 N–H and O–H groups in total. The normalized spacial score (nSPS) is 13.6. The summed E-state index contributed by atoms with van der Waals surface area (Å²) in [5.74, 6) is 0. The van der Waals surface area contributed by atoms with Crippen molar-refractivity contribution in [3.8, 4) is 0 Å².